The van der Waals surface area contributed by atoms with Gasteiger partial charge in [0.15, 0.2) is 0 Å². The lowest BCUT2D eigenvalue weighted by Crippen LogP contribution is -1.95. The van der Waals surface area contributed by atoms with Gasteiger partial charge in [-0.1, -0.05) is 13.3 Å². The molecule has 0 spiro atoms. The molecule has 2 rings (SSSR count). The molecule has 0 fully saturated rings. The Labute approximate surface area is 103 Å². The summed E-state index contributed by atoms with van der Waals surface area (Å²) in [7, 11) is 0. The van der Waals surface area contributed by atoms with E-state index in [1.807, 2.05) is 12.1 Å². The molecule has 0 aliphatic carbocycles. The second-order valence-electron chi connectivity index (χ2n) is 3.61. The molecule has 0 saturated heterocycles. The first-order valence-electron chi connectivity index (χ1n) is 5.05. The van der Waals surface area contributed by atoms with E-state index < -0.39 is 0 Å². The first kappa shape index (κ1) is 10.7. The number of halogens is 1. The minimum atomic E-state index is 0.835. The van der Waals surface area contributed by atoms with Crippen molar-refractivity contribution >= 4 is 39.2 Å². The van der Waals surface area contributed by atoms with E-state index >= 15 is 0 Å². The molecule has 0 amide bonds. The third-order valence-corrected chi connectivity index (χ3v) is 3.03. The molecule has 2 nitrogen and oxygen atoms in total. The smallest absolute Gasteiger partial charge is 0.0726 e. The summed E-state index contributed by atoms with van der Waals surface area (Å²) in [5.41, 5.74) is 8.93. The van der Waals surface area contributed by atoms with Crippen molar-refractivity contribution in [3.63, 3.8) is 0 Å². The molecular weight excluding hydrogens is 299 g/mol. The monoisotopic (exact) mass is 312 g/mol. The van der Waals surface area contributed by atoms with E-state index in [1.54, 1.807) is 0 Å². The Bertz CT molecular complexity index is 494. The van der Waals surface area contributed by atoms with E-state index in [2.05, 4.69) is 46.6 Å². The third kappa shape index (κ3) is 2.22. The Kier molecular flexibility index (Phi) is 3.09. The van der Waals surface area contributed by atoms with Gasteiger partial charge in [0, 0.05) is 20.3 Å². The summed E-state index contributed by atoms with van der Waals surface area (Å²) in [4.78, 5) is 4.58. The highest BCUT2D eigenvalue weighted by Crippen LogP contribution is 2.23. The molecule has 0 aliphatic heterocycles. The predicted molar refractivity (Wildman–Crippen MR) is 72.9 cm³/mol. The van der Waals surface area contributed by atoms with Crippen LogP contribution in [0.1, 0.15) is 19.0 Å². The number of hydrogen-bond donors (Lipinski definition) is 1. The molecule has 1 aromatic carbocycles. The van der Waals surface area contributed by atoms with Crippen LogP contribution >= 0.6 is 22.6 Å². The lowest BCUT2D eigenvalue weighted by molar-refractivity contribution is 0.890. The Morgan fingerprint density at radius 1 is 1.33 bits per heavy atom. The van der Waals surface area contributed by atoms with Gasteiger partial charge in [-0.2, -0.15) is 0 Å². The van der Waals surface area contributed by atoms with Gasteiger partial charge < -0.3 is 5.73 Å². The topological polar surface area (TPSA) is 38.9 Å². The van der Waals surface area contributed by atoms with Gasteiger partial charge in [0.25, 0.3) is 0 Å². The Balaban J connectivity index is 2.62. The fraction of sp³-hybridized carbons (Fsp3) is 0.250. The largest absolute Gasteiger partial charge is 0.398 e. The predicted octanol–water partition coefficient (Wildman–Crippen LogP) is 3.37. The number of rotatable bonds is 2. The van der Waals surface area contributed by atoms with Crippen molar-refractivity contribution in [2.24, 2.45) is 0 Å². The van der Waals surface area contributed by atoms with E-state index in [0.717, 1.165) is 35.1 Å². The minimum Gasteiger partial charge on any atom is -0.398 e. The van der Waals surface area contributed by atoms with E-state index in [0.29, 0.717) is 0 Å². The molecule has 2 N–H and O–H groups in total. The molecular formula is C12H13IN2. The fourth-order valence-electron chi connectivity index (χ4n) is 1.67. The number of benzene rings is 1. The van der Waals surface area contributed by atoms with E-state index in [-0.39, 0.29) is 0 Å². The van der Waals surface area contributed by atoms with Crippen molar-refractivity contribution in [1.29, 1.82) is 0 Å². The summed E-state index contributed by atoms with van der Waals surface area (Å²) in [6, 6.07) is 8.16. The van der Waals surface area contributed by atoms with Crippen LogP contribution in [0, 0.1) is 3.57 Å². The number of nitrogens with zero attached hydrogens (tertiary/aromatic N) is 1. The van der Waals surface area contributed by atoms with Crippen molar-refractivity contribution in [2.75, 3.05) is 5.73 Å². The summed E-state index contributed by atoms with van der Waals surface area (Å²) >= 11 is 2.29. The van der Waals surface area contributed by atoms with Crippen molar-refractivity contribution in [1.82, 2.24) is 4.98 Å². The Morgan fingerprint density at radius 3 is 2.87 bits per heavy atom. The zero-order valence-electron chi connectivity index (χ0n) is 8.63. The van der Waals surface area contributed by atoms with Crippen molar-refractivity contribution < 1.29 is 0 Å². The van der Waals surface area contributed by atoms with Gasteiger partial charge in [-0.25, -0.2) is 0 Å². The van der Waals surface area contributed by atoms with Gasteiger partial charge in [-0.3, -0.25) is 4.98 Å². The number of aromatic nitrogens is 1. The second kappa shape index (κ2) is 4.35. The maximum absolute atomic E-state index is 6.01. The number of hydrogen-bond acceptors (Lipinski definition) is 2. The Hall–Kier alpha value is -0.840. The van der Waals surface area contributed by atoms with Crippen LogP contribution in [0.5, 0.6) is 0 Å². The first-order valence-corrected chi connectivity index (χ1v) is 6.13. The molecule has 0 atom stereocenters. The SMILES string of the molecule is CCCc1cc(N)c2cc(I)ccc2n1. The molecule has 78 valence electrons. The summed E-state index contributed by atoms with van der Waals surface area (Å²) in [6.07, 6.45) is 2.09. The van der Waals surface area contributed by atoms with Crippen LogP contribution in [0.4, 0.5) is 5.69 Å². The second-order valence-corrected chi connectivity index (χ2v) is 4.86. The van der Waals surface area contributed by atoms with Gasteiger partial charge in [0.05, 0.1) is 5.52 Å². The maximum atomic E-state index is 6.01. The number of pyridine rings is 1. The number of fused-ring (bicyclic) bond motifs is 1. The quantitative estimate of drug-likeness (QED) is 0.864. The summed E-state index contributed by atoms with van der Waals surface area (Å²) in [5.74, 6) is 0. The molecule has 1 aromatic heterocycles. The highest BCUT2D eigenvalue weighted by molar-refractivity contribution is 14.1. The average Bonchev–Trinajstić information content (AvgIpc) is 2.20. The lowest BCUT2D eigenvalue weighted by Gasteiger charge is -2.05. The van der Waals surface area contributed by atoms with Crippen LogP contribution in [0.3, 0.4) is 0 Å². The van der Waals surface area contributed by atoms with Crippen molar-refractivity contribution in [2.45, 2.75) is 19.8 Å². The summed E-state index contributed by atoms with van der Waals surface area (Å²) in [5, 5.41) is 1.06. The molecule has 0 bridgehead atoms. The molecule has 0 saturated carbocycles. The van der Waals surface area contributed by atoms with Crippen LogP contribution in [-0.4, -0.2) is 4.98 Å². The maximum Gasteiger partial charge on any atom is 0.0726 e. The zero-order chi connectivity index (χ0) is 10.8. The van der Waals surface area contributed by atoms with E-state index in [9.17, 15) is 0 Å². The number of anilines is 1. The van der Waals surface area contributed by atoms with Crippen molar-refractivity contribution in [3.8, 4) is 0 Å². The van der Waals surface area contributed by atoms with Crippen LogP contribution in [0.2, 0.25) is 0 Å². The number of aryl methyl sites for hydroxylation is 1. The van der Waals surface area contributed by atoms with Crippen molar-refractivity contribution in [3.05, 3.63) is 33.5 Å². The van der Waals surface area contributed by atoms with Crippen LogP contribution in [-0.2, 0) is 6.42 Å². The van der Waals surface area contributed by atoms with Crippen LogP contribution in [0.25, 0.3) is 10.9 Å². The minimum absolute atomic E-state index is 0.835. The van der Waals surface area contributed by atoms with Gasteiger partial charge in [0.1, 0.15) is 0 Å². The fourth-order valence-corrected chi connectivity index (χ4v) is 2.16. The first-order chi connectivity index (χ1) is 7.20. The third-order valence-electron chi connectivity index (χ3n) is 2.36. The van der Waals surface area contributed by atoms with Gasteiger partial charge >= 0.3 is 0 Å². The molecule has 0 aliphatic rings. The van der Waals surface area contributed by atoms with E-state index in [4.69, 9.17) is 5.73 Å². The van der Waals surface area contributed by atoms with Gasteiger partial charge in [-0.15, -0.1) is 0 Å². The molecule has 3 heteroatoms. The molecule has 2 aromatic rings. The van der Waals surface area contributed by atoms with E-state index in [1.165, 1.54) is 3.57 Å². The molecule has 0 radical (unpaired) electrons. The summed E-state index contributed by atoms with van der Waals surface area (Å²) in [6.45, 7) is 2.15. The van der Waals surface area contributed by atoms with Gasteiger partial charge in [0.2, 0.25) is 0 Å². The normalized spacial score (nSPS) is 10.8. The highest BCUT2D eigenvalue weighted by atomic mass is 127. The number of nitrogen functional groups attached to an aromatic ring is 1. The highest BCUT2D eigenvalue weighted by Gasteiger charge is 2.03. The zero-order valence-corrected chi connectivity index (χ0v) is 10.8. The summed E-state index contributed by atoms with van der Waals surface area (Å²) < 4.78 is 1.19. The van der Waals surface area contributed by atoms with Gasteiger partial charge in [-0.05, 0) is 53.3 Å². The average molecular weight is 312 g/mol. The molecule has 1 heterocycles. The lowest BCUT2D eigenvalue weighted by atomic mass is 10.1. The number of nitrogens with two attached hydrogens (primary N) is 1. The molecule has 0 unspecified atom stereocenters. The van der Waals surface area contributed by atoms with Crippen LogP contribution < -0.4 is 5.73 Å². The standard InChI is InChI=1S/C12H13IN2/c1-2-3-9-7-11(14)10-6-8(13)4-5-12(10)15-9/h4-7H,2-3H2,1H3,(H2,14,15). The molecule has 15 heavy (non-hydrogen) atoms. The van der Waals surface area contributed by atoms with Crippen LogP contribution in [0.15, 0.2) is 24.3 Å². The Morgan fingerprint density at radius 2 is 2.13 bits per heavy atom.